The fraction of sp³-hybridized carbons (Fsp3) is 0.316. The van der Waals surface area contributed by atoms with Crippen LogP contribution in [-0.4, -0.2) is 21.1 Å². The van der Waals surface area contributed by atoms with Crippen LogP contribution in [0, 0.1) is 0 Å². The Morgan fingerprint density at radius 3 is 2.12 bits per heavy atom. The van der Waals surface area contributed by atoms with Crippen LogP contribution < -0.4 is 10.0 Å². The van der Waals surface area contributed by atoms with E-state index >= 15 is 0 Å². The number of benzene rings is 2. The highest BCUT2D eigenvalue weighted by molar-refractivity contribution is 7.92. The quantitative estimate of drug-likeness (QED) is 0.741. The molecule has 2 aromatic rings. The van der Waals surface area contributed by atoms with Crippen molar-refractivity contribution in [3.05, 3.63) is 54.1 Å². The molecule has 0 heterocycles. The molecule has 0 aliphatic carbocycles. The summed E-state index contributed by atoms with van der Waals surface area (Å²) in [5.74, 6) is 0.388. The molecule has 2 rings (SSSR count). The van der Waals surface area contributed by atoms with Crippen molar-refractivity contribution in [3.63, 3.8) is 0 Å². The lowest BCUT2D eigenvalue weighted by atomic mass is 9.99. The molecule has 7 heteroatoms. The molecule has 0 aliphatic heterocycles. The number of hydrogen-bond acceptors (Lipinski definition) is 4. The van der Waals surface area contributed by atoms with Gasteiger partial charge >= 0.3 is 6.09 Å². The van der Waals surface area contributed by atoms with E-state index in [9.17, 15) is 13.2 Å². The predicted molar refractivity (Wildman–Crippen MR) is 103 cm³/mol. The number of rotatable bonds is 7. The zero-order valence-electron chi connectivity index (χ0n) is 15.2. The molecule has 1 unspecified atom stereocenters. The first kappa shape index (κ1) is 19.8. The zero-order valence-corrected chi connectivity index (χ0v) is 16.0. The number of ether oxygens (including phenoxy) is 1. The van der Waals surface area contributed by atoms with Crippen molar-refractivity contribution in [2.45, 2.75) is 38.0 Å². The zero-order chi connectivity index (χ0) is 19.2. The molecule has 0 aromatic heterocycles. The molecule has 1 amide bonds. The van der Waals surface area contributed by atoms with Crippen molar-refractivity contribution in [3.8, 4) is 0 Å². The summed E-state index contributed by atoms with van der Waals surface area (Å²) in [6, 6.07) is 13.3. The van der Waals surface area contributed by atoms with Gasteiger partial charge in [-0.3, -0.25) is 10.0 Å². The second kappa shape index (κ2) is 8.71. The average Bonchev–Trinajstić information content (AvgIpc) is 2.63. The maximum atomic E-state index is 12.5. The molecule has 1 atom stereocenters. The van der Waals surface area contributed by atoms with Crippen LogP contribution in [0.2, 0.25) is 0 Å². The molecule has 0 fully saturated rings. The van der Waals surface area contributed by atoms with Gasteiger partial charge in [0.1, 0.15) is 0 Å². The van der Waals surface area contributed by atoms with Crippen LogP contribution in [0.3, 0.4) is 0 Å². The summed E-state index contributed by atoms with van der Waals surface area (Å²) in [7, 11) is -3.67. The molecule has 0 radical (unpaired) electrons. The van der Waals surface area contributed by atoms with E-state index in [1.807, 2.05) is 12.1 Å². The van der Waals surface area contributed by atoms with Gasteiger partial charge in [0.25, 0.3) is 10.0 Å². The highest BCUT2D eigenvalue weighted by atomic mass is 32.2. The molecule has 2 N–H and O–H groups in total. The minimum absolute atomic E-state index is 0.207. The van der Waals surface area contributed by atoms with Gasteiger partial charge in [0.15, 0.2) is 0 Å². The van der Waals surface area contributed by atoms with Crippen molar-refractivity contribution in [1.29, 1.82) is 0 Å². The van der Waals surface area contributed by atoms with Gasteiger partial charge in [-0.25, -0.2) is 13.2 Å². The maximum absolute atomic E-state index is 12.5. The Labute approximate surface area is 154 Å². The molecule has 26 heavy (non-hydrogen) atoms. The molecule has 0 bridgehead atoms. The fourth-order valence-electron chi connectivity index (χ4n) is 2.33. The lowest BCUT2D eigenvalue weighted by Gasteiger charge is -2.12. The molecule has 140 valence electrons. The van der Waals surface area contributed by atoms with E-state index in [-0.39, 0.29) is 11.5 Å². The molecule has 0 saturated carbocycles. The number of hydrogen-bond donors (Lipinski definition) is 2. The normalized spacial score (nSPS) is 12.3. The van der Waals surface area contributed by atoms with Crippen LogP contribution in [-0.2, 0) is 14.8 Å². The summed E-state index contributed by atoms with van der Waals surface area (Å²) < 4.78 is 32.3. The molecule has 0 spiro atoms. The van der Waals surface area contributed by atoms with Crippen LogP contribution in [0.25, 0.3) is 0 Å². The minimum Gasteiger partial charge on any atom is -0.450 e. The number of sulfonamides is 1. The van der Waals surface area contributed by atoms with Crippen molar-refractivity contribution >= 4 is 27.5 Å². The summed E-state index contributed by atoms with van der Waals surface area (Å²) >= 11 is 0. The lowest BCUT2D eigenvalue weighted by molar-refractivity contribution is 0.168. The number of anilines is 2. The van der Waals surface area contributed by atoms with Crippen molar-refractivity contribution in [2.24, 2.45) is 0 Å². The van der Waals surface area contributed by atoms with Gasteiger partial charge in [0.05, 0.1) is 11.5 Å². The lowest BCUT2D eigenvalue weighted by Crippen LogP contribution is -2.14. The molecule has 2 aromatic carbocycles. The highest BCUT2D eigenvalue weighted by Gasteiger charge is 2.15. The Hall–Kier alpha value is -2.54. The van der Waals surface area contributed by atoms with E-state index in [0.717, 1.165) is 12.0 Å². The van der Waals surface area contributed by atoms with Gasteiger partial charge < -0.3 is 4.74 Å². The Bertz CT molecular complexity index is 831. The van der Waals surface area contributed by atoms with Gasteiger partial charge in [0, 0.05) is 11.4 Å². The predicted octanol–water partition coefficient (Wildman–Crippen LogP) is 4.57. The summed E-state index contributed by atoms with van der Waals surface area (Å²) in [6.45, 7) is 6.19. The van der Waals surface area contributed by atoms with Gasteiger partial charge in [0.2, 0.25) is 0 Å². The Morgan fingerprint density at radius 2 is 1.58 bits per heavy atom. The second-order valence-corrected chi connectivity index (χ2v) is 7.59. The van der Waals surface area contributed by atoms with Crippen molar-refractivity contribution < 1.29 is 17.9 Å². The van der Waals surface area contributed by atoms with E-state index in [1.165, 1.54) is 0 Å². The summed E-state index contributed by atoms with van der Waals surface area (Å²) in [4.78, 5) is 11.6. The third kappa shape index (κ3) is 5.23. The van der Waals surface area contributed by atoms with Crippen LogP contribution in [0.5, 0.6) is 0 Å². The molecule has 0 saturated heterocycles. The number of carbonyl (C=O) groups excluding carboxylic acids is 1. The molecular weight excluding hydrogens is 352 g/mol. The topological polar surface area (TPSA) is 84.5 Å². The summed E-state index contributed by atoms with van der Waals surface area (Å²) in [5, 5.41) is 2.55. The maximum Gasteiger partial charge on any atom is 0.411 e. The van der Waals surface area contributed by atoms with Gasteiger partial charge in [-0.2, -0.15) is 0 Å². The van der Waals surface area contributed by atoms with Crippen LogP contribution in [0.15, 0.2) is 53.4 Å². The number of nitrogens with one attached hydrogen (secondary N) is 2. The van der Waals surface area contributed by atoms with Gasteiger partial charge in [-0.1, -0.05) is 26.0 Å². The van der Waals surface area contributed by atoms with E-state index < -0.39 is 16.1 Å². The van der Waals surface area contributed by atoms with Gasteiger partial charge in [-0.15, -0.1) is 0 Å². The van der Waals surface area contributed by atoms with Crippen LogP contribution in [0.4, 0.5) is 16.2 Å². The van der Waals surface area contributed by atoms with E-state index in [0.29, 0.717) is 17.3 Å². The second-order valence-electron chi connectivity index (χ2n) is 5.91. The smallest absolute Gasteiger partial charge is 0.411 e. The standard InChI is InChI=1S/C19H24N2O4S/c1-4-14(3)15-6-12-18(13-7-15)26(23,24)21-17-10-8-16(9-11-17)20-19(22)25-5-2/h6-14,21H,4-5H2,1-3H3,(H,20,22). The Morgan fingerprint density at radius 1 is 1.00 bits per heavy atom. The largest absolute Gasteiger partial charge is 0.450 e. The Kier molecular flexibility index (Phi) is 6.63. The summed E-state index contributed by atoms with van der Waals surface area (Å²) in [5.41, 5.74) is 2.04. The third-order valence-electron chi connectivity index (χ3n) is 4.03. The van der Waals surface area contributed by atoms with E-state index in [2.05, 4.69) is 23.9 Å². The van der Waals surface area contributed by atoms with Crippen LogP contribution in [0.1, 0.15) is 38.7 Å². The first-order valence-electron chi connectivity index (χ1n) is 8.52. The molecule has 0 aliphatic rings. The Balaban J connectivity index is 2.08. The van der Waals surface area contributed by atoms with E-state index in [1.54, 1.807) is 43.3 Å². The van der Waals surface area contributed by atoms with Crippen molar-refractivity contribution in [1.82, 2.24) is 0 Å². The SMILES string of the molecule is CCOC(=O)Nc1ccc(NS(=O)(=O)c2ccc(C(C)CC)cc2)cc1. The third-order valence-corrected chi connectivity index (χ3v) is 5.43. The highest BCUT2D eigenvalue weighted by Crippen LogP contribution is 2.22. The van der Waals surface area contributed by atoms with Crippen molar-refractivity contribution in [2.75, 3.05) is 16.6 Å². The number of amides is 1. The summed E-state index contributed by atoms with van der Waals surface area (Å²) in [6.07, 6.45) is 0.443. The van der Waals surface area contributed by atoms with Gasteiger partial charge in [-0.05, 0) is 61.2 Å². The fourth-order valence-corrected chi connectivity index (χ4v) is 3.39. The monoisotopic (exact) mass is 376 g/mol. The van der Waals surface area contributed by atoms with Crippen LogP contribution >= 0.6 is 0 Å². The van der Waals surface area contributed by atoms with E-state index in [4.69, 9.17) is 4.74 Å². The average molecular weight is 376 g/mol. The first-order chi connectivity index (χ1) is 12.4. The minimum atomic E-state index is -3.67. The number of carbonyl (C=O) groups is 1. The first-order valence-corrected chi connectivity index (χ1v) is 10.0. The molecular formula is C19H24N2O4S. The molecule has 6 nitrogen and oxygen atoms in total.